The number of hydrogen-bond acceptors (Lipinski definition) is 5. The zero-order valence-corrected chi connectivity index (χ0v) is 16.5. The van der Waals surface area contributed by atoms with E-state index in [1.807, 2.05) is 18.7 Å². The van der Waals surface area contributed by atoms with E-state index in [0.29, 0.717) is 24.1 Å². The van der Waals surface area contributed by atoms with Gasteiger partial charge in [0.25, 0.3) is 0 Å². The van der Waals surface area contributed by atoms with Crippen LogP contribution in [-0.2, 0) is 17.6 Å². The van der Waals surface area contributed by atoms with E-state index >= 15 is 0 Å². The second-order valence-electron chi connectivity index (χ2n) is 6.98. The molecule has 1 amide bonds. The predicted octanol–water partition coefficient (Wildman–Crippen LogP) is 3.36. The number of fused-ring (bicyclic) bond motifs is 2. The van der Waals surface area contributed by atoms with Crippen molar-refractivity contribution < 1.29 is 4.79 Å². The Labute approximate surface area is 162 Å². The summed E-state index contributed by atoms with van der Waals surface area (Å²) < 4.78 is 1.70. The van der Waals surface area contributed by atoms with Gasteiger partial charge in [0.2, 0.25) is 5.91 Å². The fraction of sp³-hybridized carbons (Fsp3) is 0.400. The second-order valence-corrected chi connectivity index (χ2v) is 7.98. The summed E-state index contributed by atoms with van der Waals surface area (Å²) in [5, 5.41) is 15.6. The number of nitriles is 1. The monoisotopic (exact) mass is 379 g/mol. The van der Waals surface area contributed by atoms with Gasteiger partial charge < -0.3 is 4.90 Å². The van der Waals surface area contributed by atoms with Crippen LogP contribution < -0.4 is 0 Å². The molecule has 4 rings (SSSR count). The molecule has 0 spiro atoms. The van der Waals surface area contributed by atoms with Crippen LogP contribution in [0.5, 0.6) is 0 Å². The van der Waals surface area contributed by atoms with E-state index in [1.165, 1.54) is 16.6 Å². The lowest BCUT2D eigenvalue weighted by Crippen LogP contribution is -2.38. The molecule has 0 bridgehead atoms. The number of nitrogens with zero attached hydrogens (tertiary/aromatic N) is 5. The molecule has 1 aliphatic heterocycles. The van der Waals surface area contributed by atoms with Crippen LogP contribution >= 0.6 is 11.3 Å². The fourth-order valence-electron chi connectivity index (χ4n) is 3.98. The third kappa shape index (κ3) is 2.90. The minimum absolute atomic E-state index is 0.139. The van der Waals surface area contributed by atoms with Gasteiger partial charge in [0.1, 0.15) is 11.6 Å². The molecule has 7 heteroatoms. The molecule has 1 atom stereocenters. The van der Waals surface area contributed by atoms with Crippen LogP contribution in [0.3, 0.4) is 0 Å². The van der Waals surface area contributed by atoms with Gasteiger partial charge in [-0.25, -0.2) is 9.50 Å². The molecule has 0 saturated carbocycles. The Kier molecular flexibility index (Phi) is 4.44. The highest BCUT2D eigenvalue weighted by molar-refractivity contribution is 7.10. The van der Waals surface area contributed by atoms with Crippen molar-refractivity contribution in [1.29, 1.82) is 5.26 Å². The number of carbonyl (C=O) groups excluding carboxylic acids is 1. The van der Waals surface area contributed by atoms with E-state index in [4.69, 9.17) is 0 Å². The molecule has 3 aromatic heterocycles. The number of aryl methyl sites for hydroxylation is 2. The maximum absolute atomic E-state index is 12.9. The highest BCUT2D eigenvalue weighted by atomic mass is 32.1. The number of aromatic nitrogens is 3. The van der Waals surface area contributed by atoms with Crippen LogP contribution in [0.1, 0.15) is 52.3 Å². The average Bonchev–Trinajstić information content (AvgIpc) is 3.28. The van der Waals surface area contributed by atoms with Gasteiger partial charge in [-0.2, -0.15) is 10.4 Å². The van der Waals surface area contributed by atoms with E-state index in [0.717, 1.165) is 29.9 Å². The second kappa shape index (κ2) is 6.78. The Morgan fingerprint density at radius 2 is 2.26 bits per heavy atom. The molecule has 27 heavy (non-hydrogen) atoms. The first-order valence-electron chi connectivity index (χ1n) is 9.11. The van der Waals surface area contributed by atoms with Gasteiger partial charge in [0.05, 0.1) is 12.2 Å². The van der Waals surface area contributed by atoms with E-state index in [2.05, 4.69) is 34.5 Å². The lowest BCUT2D eigenvalue weighted by Gasteiger charge is -2.33. The van der Waals surface area contributed by atoms with Gasteiger partial charge in [0, 0.05) is 29.2 Å². The molecule has 138 valence electrons. The Balaban J connectivity index is 1.54. The number of rotatable bonds is 3. The smallest absolute Gasteiger partial charge is 0.223 e. The molecule has 0 aromatic carbocycles. The lowest BCUT2D eigenvalue weighted by molar-refractivity contribution is -0.133. The minimum Gasteiger partial charge on any atom is -0.336 e. The standard InChI is InChI=1S/C20H21N5OS/c1-12-16(14(3)25-20(23-12)15(10-21)11-22-25)4-5-19(26)24-8-6-18-17(13(24)2)7-9-27-18/h7,9,11,13H,4-6,8H2,1-3H3/t13-/m1/s1. The van der Waals surface area contributed by atoms with Crippen LogP contribution in [-0.4, -0.2) is 31.9 Å². The average molecular weight is 379 g/mol. The number of thiophene rings is 1. The Bertz CT molecular complexity index is 1070. The molecular weight excluding hydrogens is 358 g/mol. The quantitative estimate of drug-likeness (QED) is 0.699. The Morgan fingerprint density at radius 1 is 1.44 bits per heavy atom. The summed E-state index contributed by atoms with van der Waals surface area (Å²) >= 11 is 1.78. The van der Waals surface area contributed by atoms with Crippen LogP contribution in [0.15, 0.2) is 17.6 Å². The third-order valence-corrected chi connectivity index (χ3v) is 6.51. The van der Waals surface area contributed by atoms with Crippen molar-refractivity contribution in [2.75, 3.05) is 6.54 Å². The largest absolute Gasteiger partial charge is 0.336 e. The van der Waals surface area contributed by atoms with Crippen molar-refractivity contribution in [3.05, 3.63) is 50.6 Å². The Morgan fingerprint density at radius 3 is 3.04 bits per heavy atom. The summed E-state index contributed by atoms with van der Waals surface area (Å²) in [5.41, 5.74) is 5.17. The van der Waals surface area contributed by atoms with Crippen LogP contribution in [0.2, 0.25) is 0 Å². The summed E-state index contributed by atoms with van der Waals surface area (Å²) in [5.74, 6) is 0.177. The number of carbonyl (C=O) groups is 1. The molecule has 0 saturated heterocycles. The number of amides is 1. The summed E-state index contributed by atoms with van der Waals surface area (Å²) in [4.78, 5) is 20.8. The normalized spacial score (nSPS) is 16.4. The van der Waals surface area contributed by atoms with Crippen molar-refractivity contribution in [2.45, 2.75) is 46.1 Å². The van der Waals surface area contributed by atoms with Crippen LogP contribution in [0.4, 0.5) is 0 Å². The summed E-state index contributed by atoms with van der Waals surface area (Å²) in [6.45, 7) is 6.80. The van der Waals surface area contributed by atoms with Gasteiger partial charge in [0.15, 0.2) is 5.65 Å². The molecule has 3 aromatic rings. The van der Waals surface area contributed by atoms with Gasteiger partial charge in [-0.1, -0.05) is 0 Å². The molecule has 4 heterocycles. The first kappa shape index (κ1) is 17.7. The molecule has 0 unspecified atom stereocenters. The third-order valence-electron chi connectivity index (χ3n) is 5.52. The van der Waals surface area contributed by atoms with Crippen molar-refractivity contribution in [1.82, 2.24) is 19.5 Å². The van der Waals surface area contributed by atoms with Gasteiger partial charge in [-0.05, 0) is 56.2 Å². The van der Waals surface area contributed by atoms with Gasteiger partial charge >= 0.3 is 0 Å². The number of hydrogen-bond donors (Lipinski definition) is 0. The van der Waals surface area contributed by atoms with Crippen LogP contribution in [0.25, 0.3) is 5.65 Å². The zero-order valence-electron chi connectivity index (χ0n) is 15.7. The van der Waals surface area contributed by atoms with Crippen molar-refractivity contribution in [3.8, 4) is 6.07 Å². The van der Waals surface area contributed by atoms with Crippen molar-refractivity contribution in [3.63, 3.8) is 0 Å². The molecule has 0 radical (unpaired) electrons. The highest BCUT2D eigenvalue weighted by Gasteiger charge is 2.28. The molecule has 6 nitrogen and oxygen atoms in total. The molecular formula is C20H21N5OS. The maximum Gasteiger partial charge on any atom is 0.223 e. The molecule has 0 N–H and O–H groups in total. The van der Waals surface area contributed by atoms with Gasteiger partial charge in [-0.3, -0.25) is 4.79 Å². The van der Waals surface area contributed by atoms with E-state index in [-0.39, 0.29) is 11.9 Å². The fourth-order valence-corrected chi connectivity index (χ4v) is 4.94. The summed E-state index contributed by atoms with van der Waals surface area (Å²) in [6, 6.07) is 4.40. The maximum atomic E-state index is 12.9. The highest BCUT2D eigenvalue weighted by Crippen LogP contribution is 2.33. The van der Waals surface area contributed by atoms with E-state index in [9.17, 15) is 10.1 Å². The minimum atomic E-state index is 0.139. The topological polar surface area (TPSA) is 74.3 Å². The molecule has 1 aliphatic rings. The predicted molar refractivity (Wildman–Crippen MR) is 104 cm³/mol. The lowest BCUT2D eigenvalue weighted by atomic mass is 10.00. The van der Waals surface area contributed by atoms with Crippen molar-refractivity contribution in [2.24, 2.45) is 0 Å². The first-order chi connectivity index (χ1) is 13.0. The summed E-state index contributed by atoms with van der Waals surface area (Å²) in [7, 11) is 0. The first-order valence-corrected chi connectivity index (χ1v) is 9.99. The SMILES string of the molecule is Cc1nc2c(C#N)cnn2c(C)c1CCC(=O)N1CCc2sccc2[C@H]1C. The molecule has 0 aliphatic carbocycles. The van der Waals surface area contributed by atoms with Crippen molar-refractivity contribution >= 4 is 22.9 Å². The Hall–Kier alpha value is -2.72. The zero-order chi connectivity index (χ0) is 19.1. The van der Waals surface area contributed by atoms with Crippen LogP contribution in [0, 0.1) is 25.2 Å². The van der Waals surface area contributed by atoms with Gasteiger partial charge in [-0.15, -0.1) is 11.3 Å². The molecule has 0 fully saturated rings. The summed E-state index contributed by atoms with van der Waals surface area (Å²) in [6.07, 6.45) is 3.56. The van der Waals surface area contributed by atoms with E-state index < -0.39 is 0 Å². The van der Waals surface area contributed by atoms with E-state index in [1.54, 1.807) is 15.9 Å².